The van der Waals surface area contributed by atoms with Crippen molar-refractivity contribution < 1.29 is 31.8 Å². The van der Waals surface area contributed by atoms with E-state index < -0.39 is 10.1 Å². The summed E-state index contributed by atoms with van der Waals surface area (Å²) in [5.41, 5.74) is 1.89. The third-order valence-electron chi connectivity index (χ3n) is 8.58. The molecule has 0 spiro atoms. The van der Waals surface area contributed by atoms with Crippen molar-refractivity contribution in [1.82, 2.24) is 0 Å². The summed E-state index contributed by atoms with van der Waals surface area (Å²) in [5.74, 6) is 0. The Morgan fingerprint density at radius 2 is 0.805 bits per heavy atom. The van der Waals surface area contributed by atoms with Gasteiger partial charge in [-0.15, -0.1) is 0 Å². The van der Waals surface area contributed by atoms with Crippen molar-refractivity contribution in [3.8, 4) is 0 Å². The predicted molar refractivity (Wildman–Crippen MR) is 173 cm³/mol. The third kappa shape index (κ3) is 22.9. The molecule has 0 saturated heterocycles. The molecule has 0 amide bonds. The monoisotopic (exact) mass is 584 g/mol. The molecule has 0 aromatic heterocycles. The largest absolute Gasteiger partial charge is 1.00 e. The first-order valence-electron chi connectivity index (χ1n) is 17.6. The molecule has 0 aliphatic carbocycles. The maximum atomic E-state index is 12.0. The molecule has 3 nitrogen and oxygen atoms in total. The van der Waals surface area contributed by atoms with E-state index in [1.807, 2.05) is 6.07 Å². The number of rotatable bonds is 29. The third-order valence-corrected chi connectivity index (χ3v) is 9.50. The molecule has 0 saturated carbocycles. The Balaban J connectivity index is 0.0000160. The SMILES string of the molecule is CCCCCCCCCCCCCCCc1cccc(S(=O)(=O)[O-])c1CCCCCCCCCCCCCCC.[Li+]. The van der Waals surface area contributed by atoms with Crippen LogP contribution in [0.4, 0.5) is 0 Å². The topological polar surface area (TPSA) is 57.2 Å². The average Bonchev–Trinajstić information content (AvgIpc) is 2.93. The van der Waals surface area contributed by atoms with E-state index in [2.05, 4.69) is 13.8 Å². The van der Waals surface area contributed by atoms with Crippen LogP contribution in [0.15, 0.2) is 23.1 Å². The van der Waals surface area contributed by atoms with Crippen LogP contribution in [0.3, 0.4) is 0 Å². The molecular weight excluding hydrogens is 519 g/mol. The van der Waals surface area contributed by atoms with E-state index in [0.717, 1.165) is 36.8 Å². The van der Waals surface area contributed by atoms with Gasteiger partial charge in [-0.2, -0.15) is 0 Å². The van der Waals surface area contributed by atoms with E-state index in [1.54, 1.807) is 6.07 Å². The molecule has 1 aromatic rings. The maximum absolute atomic E-state index is 12.0. The Morgan fingerprint density at radius 3 is 1.15 bits per heavy atom. The van der Waals surface area contributed by atoms with Gasteiger partial charge in [-0.1, -0.05) is 180 Å². The zero-order valence-electron chi connectivity index (χ0n) is 27.7. The number of benzene rings is 1. The van der Waals surface area contributed by atoms with Crippen molar-refractivity contribution in [2.45, 2.75) is 199 Å². The second kappa shape index (κ2) is 28.5. The Kier molecular flexibility index (Phi) is 28.3. The number of hydrogen-bond donors (Lipinski definition) is 0. The zero-order valence-corrected chi connectivity index (χ0v) is 28.5. The normalized spacial score (nSPS) is 11.6. The molecule has 1 aromatic carbocycles. The van der Waals surface area contributed by atoms with Crippen LogP contribution in [-0.2, 0) is 23.0 Å². The van der Waals surface area contributed by atoms with E-state index in [0.29, 0.717) is 6.42 Å². The van der Waals surface area contributed by atoms with Crippen LogP contribution in [0.5, 0.6) is 0 Å². The van der Waals surface area contributed by atoms with Gasteiger partial charge in [-0.05, 0) is 42.9 Å². The molecule has 0 bridgehead atoms. The summed E-state index contributed by atoms with van der Waals surface area (Å²) in [6.07, 6.45) is 35.6. The molecule has 0 N–H and O–H groups in total. The molecule has 0 aliphatic rings. The van der Waals surface area contributed by atoms with Gasteiger partial charge in [0.25, 0.3) is 0 Å². The van der Waals surface area contributed by atoms with Gasteiger partial charge in [0.15, 0.2) is 0 Å². The molecule has 5 heteroatoms. The van der Waals surface area contributed by atoms with Crippen molar-refractivity contribution in [2.75, 3.05) is 0 Å². The Hall–Kier alpha value is -0.273. The molecule has 0 heterocycles. The number of unbranched alkanes of at least 4 members (excludes halogenated alkanes) is 24. The summed E-state index contributed by atoms with van der Waals surface area (Å²) in [4.78, 5) is 0.0265. The summed E-state index contributed by atoms with van der Waals surface area (Å²) in [7, 11) is -4.43. The standard InChI is InChI=1S/C36H66O3S.Li/c1-3-5-7-9-11-13-15-17-19-21-23-25-27-30-34-31-29-33-36(40(37,38)39)35(34)32-28-26-24-22-20-18-16-14-12-10-8-6-4-2;/h29,31,33H,3-28,30,32H2,1-2H3,(H,37,38,39);/q;+1/p-1. The molecule has 234 valence electrons. The second-order valence-electron chi connectivity index (χ2n) is 12.3. The van der Waals surface area contributed by atoms with E-state index in [4.69, 9.17) is 0 Å². The maximum Gasteiger partial charge on any atom is 1.00 e. The summed E-state index contributed by atoms with van der Waals surface area (Å²) < 4.78 is 35.9. The molecule has 0 fully saturated rings. The summed E-state index contributed by atoms with van der Waals surface area (Å²) in [6, 6.07) is 5.33. The van der Waals surface area contributed by atoms with Gasteiger partial charge < -0.3 is 4.55 Å². The number of aryl methyl sites for hydroxylation is 1. The van der Waals surface area contributed by atoms with Crippen molar-refractivity contribution in [2.24, 2.45) is 0 Å². The van der Waals surface area contributed by atoms with Crippen molar-refractivity contribution in [3.05, 3.63) is 29.3 Å². The summed E-state index contributed by atoms with van der Waals surface area (Å²) >= 11 is 0. The summed E-state index contributed by atoms with van der Waals surface area (Å²) in [5, 5.41) is 0. The first kappa shape index (κ1) is 40.7. The number of hydrogen-bond acceptors (Lipinski definition) is 3. The Bertz CT molecular complexity index is 809. The molecule has 41 heavy (non-hydrogen) atoms. The van der Waals surface area contributed by atoms with Gasteiger partial charge >= 0.3 is 18.9 Å². The van der Waals surface area contributed by atoms with Gasteiger partial charge in [0.1, 0.15) is 10.1 Å². The molecule has 1 rings (SSSR count). The van der Waals surface area contributed by atoms with Crippen LogP contribution in [-0.4, -0.2) is 13.0 Å². The van der Waals surface area contributed by atoms with Gasteiger partial charge in [0.05, 0.1) is 4.90 Å². The molecule has 0 atom stereocenters. The Labute approximate surface area is 268 Å². The minimum Gasteiger partial charge on any atom is -0.744 e. The first-order chi connectivity index (χ1) is 19.5. The van der Waals surface area contributed by atoms with Crippen LogP contribution in [0.1, 0.15) is 192 Å². The summed E-state index contributed by atoms with van der Waals surface area (Å²) in [6.45, 7) is 4.54. The first-order valence-corrected chi connectivity index (χ1v) is 19.0. The van der Waals surface area contributed by atoms with Crippen molar-refractivity contribution in [1.29, 1.82) is 0 Å². The van der Waals surface area contributed by atoms with E-state index in [1.165, 1.54) is 154 Å². The van der Waals surface area contributed by atoms with Gasteiger partial charge in [-0.25, -0.2) is 8.42 Å². The minimum absolute atomic E-state index is 0. The van der Waals surface area contributed by atoms with Crippen molar-refractivity contribution in [3.63, 3.8) is 0 Å². The molecule has 0 unspecified atom stereocenters. The quantitative estimate of drug-likeness (QED) is 0.0537. The van der Waals surface area contributed by atoms with Gasteiger partial charge in [0, 0.05) is 0 Å². The average molecular weight is 585 g/mol. The van der Waals surface area contributed by atoms with Crippen LogP contribution >= 0.6 is 0 Å². The van der Waals surface area contributed by atoms with Crippen LogP contribution in [0.2, 0.25) is 0 Å². The van der Waals surface area contributed by atoms with Crippen molar-refractivity contribution >= 4 is 10.1 Å². The Morgan fingerprint density at radius 1 is 0.488 bits per heavy atom. The molecule has 0 radical (unpaired) electrons. The van der Waals surface area contributed by atoms with Crippen LogP contribution in [0.25, 0.3) is 0 Å². The van der Waals surface area contributed by atoms with E-state index >= 15 is 0 Å². The zero-order chi connectivity index (χ0) is 29.2. The van der Waals surface area contributed by atoms with E-state index in [-0.39, 0.29) is 23.8 Å². The minimum atomic E-state index is -4.43. The molecule has 0 aliphatic heterocycles. The fourth-order valence-corrected chi connectivity index (χ4v) is 6.80. The fourth-order valence-electron chi connectivity index (χ4n) is 6.02. The smallest absolute Gasteiger partial charge is 0.744 e. The van der Waals surface area contributed by atoms with Gasteiger partial charge in [-0.3, -0.25) is 0 Å². The van der Waals surface area contributed by atoms with Crippen LogP contribution in [0, 0.1) is 0 Å². The van der Waals surface area contributed by atoms with E-state index in [9.17, 15) is 13.0 Å². The van der Waals surface area contributed by atoms with Crippen LogP contribution < -0.4 is 18.9 Å². The van der Waals surface area contributed by atoms with Gasteiger partial charge in [0.2, 0.25) is 0 Å². The molecular formula is C36H65LiO3S. The predicted octanol–water partition coefficient (Wildman–Crippen LogP) is 8.86. The second-order valence-corrected chi connectivity index (χ2v) is 13.7. The fraction of sp³-hybridized carbons (Fsp3) is 0.833.